The lowest BCUT2D eigenvalue weighted by atomic mass is 10.1. The number of amides is 1. The molecule has 3 aromatic carbocycles. The van der Waals surface area contributed by atoms with Crippen molar-refractivity contribution >= 4 is 29.0 Å². The van der Waals surface area contributed by atoms with Crippen LogP contribution in [0.5, 0.6) is 0 Å². The van der Waals surface area contributed by atoms with Crippen molar-refractivity contribution in [2.45, 2.75) is 6.54 Å². The molecule has 0 heterocycles. The Balaban J connectivity index is 1.55. The van der Waals surface area contributed by atoms with Crippen molar-refractivity contribution < 1.29 is 4.79 Å². The Kier molecular flexibility index (Phi) is 6.06. The minimum Gasteiger partial charge on any atom is -0.397 e. The summed E-state index contributed by atoms with van der Waals surface area (Å²) in [5.41, 5.74) is 10.5. The molecule has 0 aliphatic carbocycles. The number of carbonyl (C=O) groups excluding carboxylic acids is 1. The van der Waals surface area contributed by atoms with E-state index in [-0.39, 0.29) is 5.91 Å². The first kappa shape index (κ1) is 18.7. The first-order chi connectivity index (χ1) is 13.6. The van der Waals surface area contributed by atoms with E-state index in [4.69, 9.17) is 11.0 Å². The van der Waals surface area contributed by atoms with Crippen molar-refractivity contribution in [2.24, 2.45) is 0 Å². The highest BCUT2D eigenvalue weighted by Crippen LogP contribution is 2.17. The summed E-state index contributed by atoms with van der Waals surface area (Å²) in [6.07, 6.45) is 3.23. The molecular formula is C23H20N4O. The molecule has 0 aliphatic heterocycles. The highest BCUT2D eigenvalue weighted by atomic mass is 16.1. The van der Waals surface area contributed by atoms with Gasteiger partial charge in [-0.3, -0.25) is 4.79 Å². The minimum absolute atomic E-state index is 0.235. The number of nitrogen functional groups attached to an aromatic ring is 1. The number of para-hydroxylation sites is 2. The average molecular weight is 368 g/mol. The Hall–Kier alpha value is -4.04. The molecule has 0 saturated carbocycles. The standard InChI is InChI=1S/C23H20N4O/c24-15-19-4-3-5-20(14-19)26-16-18-10-8-17(9-11-18)12-13-23(28)27-22-7-2-1-6-21(22)25/h1-14,26H,16,25H2,(H,27,28)/b13-12-. The predicted molar refractivity (Wildman–Crippen MR) is 113 cm³/mol. The van der Waals surface area contributed by atoms with Gasteiger partial charge in [0.2, 0.25) is 5.91 Å². The molecule has 0 aromatic heterocycles. The Bertz CT molecular complexity index is 1030. The summed E-state index contributed by atoms with van der Waals surface area (Å²) in [5.74, 6) is -0.235. The second-order valence-electron chi connectivity index (χ2n) is 6.20. The van der Waals surface area contributed by atoms with Gasteiger partial charge in [-0.25, -0.2) is 0 Å². The molecule has 3 rings (SSSR count). The lowest BCUT2D eigenvalue weighted by Crippen LogP contribution is -2.09. The van der Waals surface area contributed by atoms with Gasteiger partial charge in [0.15, 0.2) is 0 Å². The molecule has 0 radical (unpaired) electrons. The smallest absolute Gasteiger partial charge is 0.248 e. The number of nitriles is 1. The van der Waals surface area contributed by atoms with Crippen LogP contribution in [-0.4, -0.2) is 5.91 Å². The number of anilines is 3. The van der Waals surface area contributed by atoms with Crippen molar-refractivity contribution in [2.75, 3.05) is 16.4 Å². The summed E-state index contributed by atoms with van der Waals surface area (Å²) in [6.45, 7) is 0.645. The van der Waals surface area contributed by atoms with Crippen molar-refractivity contribution in [3.8, 4) is 6.07 Å². The molecule has 5 heteroatoms. The number of carbonyl (C=O) groups is 1. The number of nitrogens with two attached hydrogens (primary N) is 1. The summed E-state index contributed by atoms with van der Waals surface area (Å²) >= 11 is 0. The van der Waals surface area contributed by atoms with E-state index >= 15 is 0 Å². The molecule has 4 N–H and O–H groups in total. The SMILES string of the molecule is N#Cc1cccc(NCc2ccc(/C=C\C(=O)Nc3ccccc3N)cc2)c1. The van der Waals surface area contributed by atoms with E-state index in [0.717, 1.165) is 16.8 Å². The number of hydrogen-bond donors (Lipinski definition) is 3. The number of rotatable bonds is 6. The number of benzene rings is 3. The van der Waals surface area contributed by atoms with Crippen LogP contribution in [0, 0.1) is 11.3 Å². The second kappa shape index (κ2) is 9.06. The zero-order valence-corrected chi connectivity index (χ0v) is 15.2. The van der Waals surface area contributed by atoms with Crippen LogP contribution in [-0.2, 0) is 11.3 Å². The Labute approximate surface area is 164 Å². The van der Waals surface area contributed by atoms with Crippen molar-refractivity contribution in [3.63, 3.8) is 0 Å². The maximum atomic E-state index is 12.0. The average Bonchev–Trinajstić information content (AvgIpc) is 2.73. The monoisotopic (exact) mass is 368 g/mol. The van der Waals surface area contributed by atoms with Crippen LogP contribution in [0.3, 0.4) is 0 Å². The lowest BCUT2D eigenvalue weighted by Gasteiger charge is -2.07. The molecular weight excluding hydrogens is 348 g/mol. The third-order valence-electron chi connectivity index (χ3n) is 4.11. The molecule has 0 unspecified atom stereocenters. The van der Waals surface area contributed by atoms with Gasteiger partial charge in [-0.05, 0) is 47.5 Å². The fraction of sp³-hybridized carbons (Fsp3) is 0.0435. The Morgan fingerprint density at radius 2 is 1.82 bits per heavy atom. The molecule has 28 heavy (non-hydrogen) atoms. The molecule has 0 aliphatic rings. The summed E-state index contributed by atoms with van der Waals surface area (Å²) in [5, 5.41) is 15.0. The van der Waals surface area contributed by atoms with Crippen LogP contribution in [0.4, 0.5) is 17.1 Å². The zero-order valence-electron chi connectivity index (χ0n) is 15.2. The van der Waals surface area contributed by atoms with E-state index in [9.17, 15) is 4.79 Å². The maximum absolute atomic E-state index is 12.0. The van der Waals surface area contributed by atoms with E-state index < -0.39 is 0 Å². The molecule has 0 atom stereocenters. The number of nitrogens with zero attached hydrogens (tertiary/aromatic N) is 1. The van der Waals surface area contributed by atoms with Crippen LogP contribution in [0.1, 0.15) is 16.7 Å². The summed E-state index contributed by atoms with van der Waals surface area (Å²) < 4.78 is 0. The summed E-state index contributed by atoms with van der Waals surface area (Å²) in [4.78, 5) is 12.0. The summed E-state index contributed by atoms with van der Waals surface area (Å²) in [7, 11) is 0. The Morgan fingerprint density at radius 3 is 2.57 bits per heavy atom. The van der Waals surface area contributed by atoms with Gasteiger partial charge in [0.1, 0.15) is 0 Å². The molecule has 138 valence electrons. The normalized spacial score (nSPS) is 10.4. The van der Waals surface area contributed by atoms with E-state index in [0.29, 0.717) is 23.5 Å². The lowest BCUT2D eigenvalue weighted by molar-refractivity contribution is -0.111. The van der Waals surface area contributed by atoms with Crippen molar-refractivity contribution in [3.05, 3.63) is 95.6 Å². The largest absolute Gasteiger partial charge is 0.397 e. The third kappa shape index (κ3) is 5.23. The third-order valence-corrected chi connectivity index (χ3v) is 4.11. The maximum Gasteiger partial charge on any atom is 0.248 e. The summed E-state index contributed by atoms with van der Waals surface area (Å²) in [6, 6.07) is 24.5. The van der Waals surface area contributed by atoms with Gasteiger partial charge in [-0.1, -0.05) is 42.5 Å². The highest BCUT2D eigenvalue weighted by molar-refractivity contribution is 6.03. The van der Waals surface area contributed by atoms with Gasteiger partial charge in [0.25, 0.3) is 0 Å². The van der Waals surface area contributed by atoms with E-state index in [1.807, 2.05) is 54.6 Å². The molecule has 0 bridgehead atoms. The highest BCUT2D eigenvalue weighted by Gasteiger charge is 2.01. The van der Waals surface area contributed by atoms with Crippen molar-refractivity contribution in [1.29, 1.82) is 5.26 Å². The van der Waals surface area contributed by atoms with Crippen LogP contribution < -0.4 is 16.4 Å². The van der Waals surface area contributed by atoms with E-state index in [1.54, 1.807) is 24.3 Å². The van der Waals surface area contributed by atoms with Gasteiger partial charge in [-0.2, -0.15) is 5.26 Å². The molecule has 0 fully saturated rings. The van der Waals surface area contributed by atoms with Gasteiger partial charge in [0, 0.05) is 18.3 Å². The molecule has 0 saturated heterocycles. The van der Waals surface area contributed by atoms with E-state index in [1.165, 1.54) is 6.08 Å². The van der Waals surface area contributed by atoms with Crippen LogP contribution in [0.15, 0.2) is 78.9 Å². The first-order valence-electron chi connectivity index (χ1n) is 8.80. The van der Waals surface area contributed by atoms with E-state index in [2.05, 4.69) is 16.7 Å². The molecule has 3 aromatic rings. The number of nitrogens with one attached hydrogen (secondary N) is 2. The molecule has 5 nitrogen and oxygen atoms in total. The quantitative estimate of drug-likeness (QED) is 0.444. The van der Waals surface area contributed by atoms with Gasteiger partial charge in [-0.15, -0.1) is 0 Å². The fourth-order valence-electron chi connectivity index (χ4n) is 2.61. The van der Waals surface area contributed by atoms with Crippen molar-refractivity contribution in [1.82, 2.24) is 0 Å². The van der Waals surface area contributed by atoms with Gasteiger partial charge in [0.05, 0.1) is 23.0 Å². The van der Waals surface area contributed by atoms with Crippen LogP contribution >= 0.6 is 0 Å². The number of hydrogen-bond acceptors (Lipinski definition) is 4. The minimum atomic E-state index is -0.235. The fourth-order valence-corrected chi connectivity index (χ4v) is 2.61. The predicted octanol–water partition coefficient (Wildman–Crippen LogP) is 4.40. The zero-order chi connectivity index (χ0) is 19.8. The molecule has 0 spiro atoms. The second-order valence-corrected chi connectivity index (χ2v) is 6.20. The Morgan fingerprint density at radius 1 is 1.04 bits per heavy atom. The topological polar surface area (TPSA) is 90.9 Å². The first-order valence-corrected chi connectivity index (χ1v) is 8.80. The van der Waals surface area contributed by atoms with Crippen LogP contribution in [0.25, 0.3) is 6.08 Å². The van der Waals surface area contributed by atoms with Crippen LogP contribution in [0.2, 0.25) is 0 Å². The van der Waals surface area contributed by atoms with Gasteiger partial charge >= 0.3 is 0 Å². The van der Waals surface area contributed by atoms with Gasteiger partial charge < -0.3 is 16.4 Å². The molecule has 1 amide bonds.